The highest BCUT2D eigenvalue weighted by Crippen LogP contribution is 2.30. The molecule has 2 aromatic carbocycles. The van der Waals surface area contributed by atoms with E-state index in [0.29, 0.717) is 17.2 Å². The van der Waals surface area contributed by atoms with Gasteiger partial charge in [-0.2, -0.15) is 0 Å². The number of nitrogens with zero attached hydrogens (tertiary/aromatic N) is 1. The summed E-state index contributed by atoms with van der Waals surface area (Å²) in [7, 11) is 3.60. The van der Waals surface area contributed by atoms with Crippen LogP contribution in [0.2, 0.25) is 5.02 Å². The molecule has 0 radical (unpaired) electrons. The molecule has 3 nitrogen and oxygen atoms in total. The number of hydrogen-bond acceptors (Lipinski definition) is 3. The van der Waals surface area contributed by atoms with Crippen LogP contribution >= 0.6 is 11.6 Å². The third-order valence-corrected chi connectivity index (χ3v) is 3.72. The zero-order chi connectivity index (χ0) is 15.2. The smallest absolute Gasteiger partial charge is 0.124 e. The van der Waals surface area contributed by atoms with Gasteiger partial charge in [0.05, 0.1) is 13.2 Å². The predicted octanol–water partition coefficient (Wildman–Crippen LogP) is 3.91. The molecule has 112 valence electrons. The van der Waals surface area contributed by atoms with Crippen LogP contribution in [0, 0.1) is 0 Å². The van der Waals surface area contributed by atoms with E-state index in [1.54, 1.807) is 25.3 Å². The van der Waals surface area contributed by atoms with Crippen molar-refractivity contribution in [2.75, 3.05) is 25.6 Å². The molecule has 1 N–H and O–H groups in total. The number of rotatable bonds is 6. The summed E-state index contributed by atoms with van der Waals surface area (Å²) in [5.41, 5.74) is 1.86. The molecule has 0 aliphatic carbocycles. The first-order valence-electron chi connectivity index (χ1n) is 6.89. The van der Waals surface area contributed by atoms with E-state index in [9.17, 15) is 5.11 Å². The first kappa shape index (κ1) is 15.7. The van der Waals surface area contributed by atoms with Crippen LogP contribution in [0.25, 0.3) is 0 Å². The van der Waals surface area contributed by atoms with Crippen LogP contribution in [0.4, 0.5) is 5.69 Å². The molecule has 0 fully saturated rings. The summed E-state index contributed by atoms with van der Waals surface area (Å²) in [5, 5.41) is 11.0. The molecule has 1 unspecified atom stereocenters. The Kier molecular flexibility index (Phi) is 5.48. The normalized spacial score (nSPS) is 12.0. The number of aliphatic hydroxyl groups is 1. The topological polar surface area (TPSA) is 32.7 Å². The maximum atomic E-state index is 10.4. The zero-order valence-electron chi connectivity index (χ0n) is 12.3. The number of aliphatic hydroxyl groups excluding tert-OH is 1. The average molecular weight is 306 g/mol. The Labute approximate surface area is 130 Å². The lowest BCUT2D eigenvalue weighted by atomic mass is 10.1. The first-order valence-corrected chi connectivity index (χ1v) is 7.27. The summed E-state index contributed by atoms with van der Waals surface area (Å²) >= 11 is 6.00. The van der Waals surface area contributed by atoms with Crippen molar-refractivity contribution in [2.24, 2.45) is 0 Å². The monoisotopic (exact) mass is 305 g/mol. The number of ether oxygens (including phenoxy) is 1. The van der Waals surface area contributed by atoms with E-state index >= 15 is 0 Å². The van der Waals surface area contributed by atoms with Crippen LogP contribution in [0.3, 0.4) is 0 Å². The molecule has 0 saturated heterocycles. The molecule has 0 aromatic heterocycles. The van der Waals surface area contributed by atoms with E-state index in [2.05, 4.69) is 4.90 Å². The van der Waals surface area contributed by atoms with Crippen molar-refractivity contribution >= 4 is 17.3 Å². The van der Waals surface area contributed by atoms with Crippen LogP contribution in [-0.2, 0) is 0 Å². The SMILES string of the molecule is COc1ccc(Cl)cc1C(O)CCN(C)c1ccccc1. The summed E-state index contributed by atoms with van der Waals surface area (Å²) in [5.74, 6) is 0.661. The van der Waals surface area contributed by atoms with Gasteiger partial charge in [0, 0.05) is 29.9 Å². The maximum Gasteiger partial charge on any atom is 0.124 e. The Bertz CT molecular complexity index is 574. The number of hydrogen-bond donors (Lipinski definition) is 1. The number of para-hydroxylation sites is 1. The Morgan fingerprint density at radius 1 is 1.19 bits per heavy atom. The molecule has 0 spiro atoms. The second kappa shape index (κ2) is 7.34. The summed E-state index contributed by atoms with van der Waals surface area (Å²) in [6, 6.07) is 15.4. The van der Waals surface area contributed by atoms with Gasteiger partial charge in [-0.3, -0.25) is 0 Å². The van der Waals surface area contributed by atoms with E-state index in [-0.39, 0.29) is 0 Å². The number of halogens is 1. The van der Waals surface area contributed by atoms with Gasteiger partial charge in [-0.1, -0.05) is 29.8 Å². The molecule has 2 rings (SSSR count). The van der Waals surface area contributed by atoms with Gasteiger partial charge in [-0.15, -0.1) is 0 Å². The van der Waals surface area contributed by atoms with Crippen LogP contribution in [0.5, 0.6) is 5.75 Å². The van der Waals surface area contributed by atoms with Gasteiger partial charge in [-0.25, -0.2) is 0 Å². The summed E-state index contributed by atoms with van der Waals surface area (Å²) < 4.78 is 5.28. The summed E-state index contributed by atoms with van der Waals surface area (Å²) in [6.45, 7) is 0.737. The fourth-order valence-corrected chi connectivity index (χ4v) is 2.43. The van der Waals surface area contributed by atoms with Gasteiger partial charge in [0.1, 0.15) is 5.75 Å². The van der Waals surface area contributed by atoms with E-state index in [1.165, 1.54) is 0 Å². The van der Waals surface area contributed by atoms with Crippen molar-refractivity contribution in [1.29, 1.82) is 0 Å². The molecule has 0 saturated carbocycles. The quantitative estimate of drug-likeness (QED) is 0.878. The molecular formula is C17H20ClNO2. The van der Waals surface area contributed by atoms with Crippen molar-refractivity contribution in [2.45, 2.75) is 12.5 Å². The van der Waals surface area contributed by atoms with Crippen LogP contribution < -0.4 is 9.64 Å². The number of methoxy groups -OCH3 is 1. The predicted molar refractivity (Wildman–Crippen MR) is 87.3 cm³/mol. The number of benzene rings is 2. The van der Waals surface area contributed by atoms with Crippen LogP contribution in [0.1, 0.15) is 18.1 Å². The van der Waals surface area contributed by atoms with Gasteiger partial charge in [0.25, 0.3) is 0 Å². The summed E-state index contributed by atoms with van der Waals surface area (Å²) in [4.78, 5) is 2.11. The third kappa shape index (κ3) is 4.13. The highest BCUT2D eigenvalue weighted by molar-refractivity contribution is 6.30. The average Bonchev–Trinajstić information content (AvgIpc) is 2.53. The van der Waals surface area contributed by atoms with Crippen molar-refractivity contribution in [1.82, 2.24) is 0 Å². The minimum atomic E-state index is -0.607. The van der Waals surface area contributed by atoms with E-state index < -0.39 is 6.10 Å². The van der Waals surface area contributed by atoms with Crippen molar-refractivity contribution in [3.63, 3.8) is 0 Å². The molecule has 0 amide bonds. The molecule has 21 heavy (non-hydrogen) atoms. The highest BCUT2D eigenvalue weighted by Gasteiger charge is 2.14. The van der Waals surface area contributed by atoms with Crippen molar-refractivity contribution in [3.8, 4) is 5.75 Å². The van der Waals surface area contributed by atoms with Crippen LogP contribution in [0.15, 0.2) is 48.5 Å². The third-order valence-electron chi connectivity index (χ3n) is 3.49. The lowest BCUT2D eigenvalue weighted by molar-refractivity contribution is 0.165. The van der Waals surface area contributed by atoms with Gasteiger partial charge in [0.2, 0.25) is 0 Å². The Morgan fingerprint density at radius 2 is 1.90 bits per heavy atom. The van der Waals surface area contributed by atoms with Crippen molar-refractivity contribution in [3.05, 3.63) is 59.1 Å². The molecule has 2 aromatic rings. The lowest BCUT2D eigenvalue weighted by Gasteiger charge is -2.22. The van der Waals surface area contributed by atoms with Crippen LogP contribution in [-0.4, -0.2) is 25.8 Å². The van der Waals surface area contributed by atoms with Gasteiger partial charge >= 0.3 is 0 Å². The van der Waals surface area contributed by atoms with Gasteiger partial charge < -0.3 is 14.7 Å². The molecule has 0 bridgehead atoms. The van der Waals surface area contributed by atoms with Gasteiger partial charge in [0.15, 0.2) is 0 Å². The molecule has 1 atom stereocenters. The standard InChI is InChI=1S/C17H20ClNO2/c1-19(14-6-4-3-5-7-14)11-10-16(20)15-12-13(18)8-9-17(15)21-2/h3-9,12,16,20H,10-11H2,1-2H3. The minimum Gasteiger partial charge on any atom is -0.496 e. The van der Waals surface area contributed by atoms with E-state index in [4.69, 9.17) is 16.3 Å². The zero-order valence-corrected chi connectivity index (χ0v) is 13.0. The maximum absolute atomic E-state index is 10.4. The molecule has 0 heterocycles. The second-order valence-corrected chi connectivity index (χ2v) is 5.38. The Hall–Kier alpha value is -1.71. The fraction of sp³-hybridized carbons (Fsp3) is 0.294. The highest BCUT2D eigenvalue weighted by atomic mass is 35.5. The van der Waals surface area contributed by atoms with Gasteiger partial charge in [-0.05, 0) is 36.8 Å². The Balaban J connectivity index is 2.02. The molecular weight excluding hydrogens is 286 g/mol. The molecule has 0 aliphatic heterocycles. The minimum absolute atomic E-state index is 0.598. The largest absolute Gasteiger partial charge is 0.496 e. The molecule has 0 aliphatic rings. The molecule has 4 heteroatoms. The fourth-order valence-electron chi connectivity index (χ4n) is 2.25. The lowest BCUT2D eigenvalue weighted by Crippen LogP contribution is -2.20. The second-order valence-electron chi connectivity index (χ2n) is 4.95. The number of anilines is 1. The first-order chi connectivity index (χ1) is 10.1. The summed E-state index contributed by atoms with van der Waals surface area (Å²) in [6.07, 6.45) is -0.00735. The van der Waals surface area contributed by atoms with E-state index in [1.807, 2.05) is 37.4 Å². The van der Waals surface area contributed by atoms with E-state index in [0.717, 1.165) is 17.8 Å². The Morgan fingerprint density at radius 3 is 2.57 bits per heavy atom. The van der Waals surface area contributed by atoms with Crippen molar-refractivity contribution < 1.29 is 9.84 Å².